The van der Waals surface area contributed by atoms with E-state index in [1.807, 2.05) is 71.3 Å². The molecule has 7 heteroatoms. The number of nitrogens with zero attached hydrogens (tertiary/aromatic N) is 3. The Hall–Kier alpha value is -3.32. The Balaban J connectivity index is 1.49. The normalized spacial score (nSPS) is 10.7. The maximum atomic E-state index is 12.2. The van der Waals surface area contributed by atoms with E-state index in [1.54, 1.807) is 12.3 Å². The first-order valence-corrected chi connectivity index (χ1v) is 9.67. The molecule has 0 unspecified atom stereocenters. The Bertz CT molecular complexity index is 1030. The zero-order valence-electron chi connectivity index (χ0n) is 14.9. The van der Waals surface area contributed by atoms with Crippen molar-refractivity contribution in [3.05, 3.63) is 84.6 Å². The summed E-state index contributed by atoms with van der Waals surface area (Å²) >= 11 is 1.28. The van der Waals surface area contributed by atoms with Crippen LogP contribution in [0.15, 0.2) is 88.6 Å². The van der Waals surface area contributed by atoms with Crippen molar-refractivity contribution in [2.75, 3.05) is 5.75 Å². The fourth-order valence-corrected chi connectivity index (χ4v) is 3.39. The summed E-state index contributed by atoms with van der Waals surface area (Å²) in [5.74, 6) is 1.01. The van der Waals surface area contributed by atoms with Crippen LogP contribution in [0.5, 0.6) is 0 Å². The SMILES string of the molecule is O=C(CSc1nnc(-c2ccco2)n1-c1ccccc1)OCc1ccccc1. The van der Waals surface area contributed by atoms with Gasteiger partial charge in [-0.3, -0.25) is 9.36 Å². The van der Waals surface area contributed by atoms with Crippen molar-refractivity contribution in [1.29, 1.82) is 0 Å². The third kappa shape index (κ3) is 4.15. The number of hydrogen-bond donors (Lipinski definition) is 0. The van der Waals surface area contributed by atoms with Crippen LogP contribution in [0.1, 0.15) is 5.56 Å². The molecule has 2 aromatic heterocycles. The van der Waals surface area contributed by atoms with Crippen molar-refractivity contribution in [3.8, 4) is 17.3 Å². The van der Waals surface area contributed by atoms with Gasteiger partial charge >= 0.3 is 5.97 Å². The minimum Gasteiger partial charge on any atom is -0.461 e. The van der Waals surface area contributed by atoms with E-state index in [2.05, 4.69) is 10.2 Å². The van der Waals surface area contributed by atoms with Gasteiger partial charge in [-0.15, -0.1) is 10.2 Å². The summed E-state index contributed by atoms with van der Waals surface area (Å²) in [6.07, 6.45) is 1.59. The molecular weight excluding hydrogens is 374 g/mol. The second kappa shape index (κ2) is 8.58. The van der Waals surface area contributed by atoms with Gasteiger partial charge in [0.2, 0.25) is 5.82 Å². The van der Waals surface area contributed by atoms with Crippen LogP contribution in [0.3, 0.4) is 0 Å². The van der Waals surface area contributed by atoms with Gasteiger partial charge in [-0.25, -0.2) is 0 Å². The molecule has 0 aliphatic rings. The molecule has 0 saturated heterocycles. The van der Waals surface area contributed by atoms with Crippen LogP contribution in [0.25, 0.3) is 17.3 Å². The van der Waals surface area contributed by atoms with Crippen molar-refractivity contribution in [2.45, 2.75) is 11.8 Å². The van der Waals surface area contributed by atoms with Crippen LogP contribution in [0.2, 0.25) is 0 Å². The minimum absolute atomic E-state index is 0.135. The number of ether oxygens (including phenoxy) is 1. The van der Waals surface area contributed by atoms with E-state index < -0.39 is 0 Å². The number of carbonyl (C=O) groups excluding carboxylic acids is 1. The number of thioether (sulfide) groups is 1. The van der Waals surface area contributed by atoms with E-state index >= 15 is 0 Å². The molecular formula is C21H17N3O3S. The largest absolute Gasteiger partial charge is 0.461 e. The Kier molecular flexibility index (Phi) is 5.53. The molecule has 0 aliphatic carbocycles. The number of aromatic nitrogens is 3. The lowest BCUT2D eigenvalue weighted by Gasteiger charge is -2.09. The van der Waals surface area contributed by atoms with Crippen LogP contribution < -0.4 is 0 Å². The summed E-state index contributed by atoms with van der Waals surface area (Å²) < 4.78 is 12.7. The predicted octanol–water partition coefficient (Wildman–Crippen LogP) is 4.36. The molecule has 0 atom stereocenters. The Morgan fingerprint density at radius 2 is 1.71 bits per heavy atom. The van der Waals surface area contributed by atoms with Crippen LogP contribution in [0, 0.1) is 0 Å². The van der Waals surface area contributed by atoms with Crippen molar-refractivity contribution >= 4 is 17.7 Å². The van der Waals surface area contributed by atoms with Gasteiger partial charge < -0.3 is 9.15 Å². The molecule has 0 bridgehead atoms. The zero-order chi connectivity index (χ0) is 19.2. The van der Waals surface area contributed by atoms with Gasteiger partial charge in [0, 0.05) is 5.69 Å². The third-order valence-electron chi connectivity index (χ3n) is 3.95. The molecule has 6 nitrogen and oxygen atoms in total. The number of carbonyl (C=O) groups is 1. The van der Waals surface area contributed by atoms with Crippen LogP contribution in [-0.2, 0) is 16.1 Å². The minimum atomic E-state index is -0.309. The number of furan rings is 1. The average molecular weight is 391 g/mol. The number of hydrogen-bond acceptors (Lipinski definition) is 6. The van der Waals surface area contributed by atoms with Crippen molar-refractivity contribution in [2.24, 2.45) is 0 Å². The monoisotopic (exact) mass is 391 g/mol. The van der Waals surface area contributed by atoms with Gasteiger partial charge in [0.15, 0.2) is 10.9 Å². The first-order chi connectivity index (χ1) is 13.8. The standard InChI is InChI=1S/C21H17N3O3S/c25-19(27-14-16-8-3-1-4-9-16)15-28-21-23-22-20(18-12-7-13-26-18)24(21)17-10-5-2-6-11-17/h1-13H,14-15H2. The van der Waals surface area contributed by atoms with Gasteiger partial charge in [0.25, 0.3) is 0 Å². The highest BCUT2D eigenvalue weighted by Gasteiger charge is 2.19. The number of rotatable bonds is 7. The molecule has 28 heavy (non-hydrogen) atoms. The Morgan fingerprint density at radius 3 is 2.43 bits per heavy atom. The Labute approximate surface area is 166 Å². The van der Waals surface area contributed by atoms with Crippen molar-refractivity contribution in [3.63, 3.8) is 0 Å². The van der Waals surface area contributed by atoms with Crippen LogP contribution in [-0.4, -0.2) is 26.5 Å². The molecule has 4 aromatic rings. The highest BCUT2D eigenvalue weighted by atomic mass is 32.2. The molecule has 0 radical (unpaired) electrons. The second-order valence-corrected chi connectivity index (χ2v) is 6.83. The second-order valence-electron chi connectivity index (χ2n) is 5.89. The first-order valence-electron chi connectivity index (χ1n) is 8.68. The van der Waals surface area contributed by atoms with Crippen molar-refractivity contribution in [1.82, 2.24) is 14.8 Å². The first kappa shape index (κ1) is 18.1. The molecule has 0 N–H and O–H groups in total. The van der Waals surface area contributed by atoms with E-state index in [4.69, 9.17) is 9.15 Å². The molecule has 4 rings (SSSR count). The molecule has 0 saturated carbocycles. The molecule has 2 aromatic carbocycles. The average Bonchev–Trinajstić information content (AvgIpc) is 3.41. The summed E-state index contributed by atoms with van der Waals surface area (Å²) in [7, 11) is 0. The summed E-state index contributed by atoms with van der Waals surface area (Å²) in [5.41, 5.74) is 1.84. The predicted molar refractivity (Wildman–Crippen MR) is 106 cm³/mol. The fraction of sp³-hybridized carbons (Fsp3) is 0.0952. The molecule has 0 fully saturated rings. The summed E-state index contributed by atoms with van der Waals surface area (Å²) in [6.45, 7) is 0.253. The van der Waals surface area contributed by atoms with E-state index in [9.17, 15) is 4.79 Å². The highest BCUT2D eigenvalue weighted by Crippen LogP contribution is 2.28. The topological polar surface area (TPSA) is 70.2 Å². The van der Waals surface area contributed by atoms with E-state index in [0.717, 1.165) is 11.3 Å². The molecule has 140 valence electrons. The zero-order valence-corrected chi connectivity index (χ0v) is 15.7. The number of benzene rings is 2. The molecule has 0 amide bonds. The lowest BCUT2D eigenvalue weighted by atomic mass is 10.2. The smallest absolute Gasteiger partial charge is 0.316 e. The van der Waals surface area contributed by atoms with Crippen LogP contribution >= 0.6 is 11.8 Å². The lowest BCUT2D eigenvalue weighted by Crippen LogP contribution is -2.08. The summed E-state index contributed by atoms with van der Waals surface area (Å²) in [6, 6.07) is 22.9. The highest BCUT2D eigenvalue weighted by molar-refractivity contribution is 7.99. The summed E-state index contributed by atoms with van der Waals surface area (Å²) in [4.78, 5) is 12.2. The van der Waals surface area contributed by atoms with E-state index in [0.29, 0.717) is 16.7 Å². The summed E-state index contributed by atoms with van der Waals surface area (Å²) in [5, 5.41) is 9.09. The third-order valence-corrected chi connectivity index (χ3v) is 4.85. The van der Waals surface area contributed by atoms with Crippen LogP contribution in [0.4, 0.5) is 0 Å². The van der Waals surface area contributed by atoms with E-state index in [1.165, 1.54) is 11.8 Å². The van der Waals surface area contributed by atoms with Gasteiger partial charge in [-0.1, -0.05) is 60.3 Å². The molecule has 0 aliphatic heterocycles. The van der Waals surface area contributed by atoms with Crippen molar-refractivity contribution < 1.29 is 13.9 Å². The molecule has 2 heterocycles. The quantitative estimate of drug-likeness (QED) is 0.344. The van der Waals surface area contributed by atoms with E-state index in [-0.39, 0.29) is 18.3 Å². The maximum Gasteiger partial charge on any atom is 0.316 e. The van der Waals surface area contributed by atoms with Gasteiger partial charge in [-0.2, -0.15) is 0 Å². The molecule has 0 spiro atoms. The maximum absolute atomic E-state index is 12.2. The Morgan fingerprint density at radius 1 is 0.964 bits per heavy atom. The van der Waals surface area contributed by atoms with Gasteiger partial charge in [-0.05, 0) is 29.8 Å². The fourth-order valence-electron chi connectivity index (χ4n) is 2.64. The number of esters is 1. The van der Waals surface area contributed by atoms with Gasteiger partial charge in [0.05, 0.1) is 12.0 Å². The van der Waals surface area contributed by atoms with Gasteiger partial charge in [0.1, 0.15) is 6.61 Å². The lowest BCUT2D eigenvalue weighted by molar-refractivity contribution is -0.141. The number of para-hydroxylation sites is 1.